The minimum Gasteiger partial charge on any atom is -0.338 e. The van der Waals surface area contributed by atoms with Gasteiger partial charge in [0, 0.05) is 24.7 Å². The van der Waals surface area contributed by atoms with Gasteiger partial charge in [0.2, 0.25) is 0 Å². The Balaban J connectivity index is 0.00000156. The molecule has 23 heavy (non-hydrogen) atoms. The van der Waals surface area contributed by atoms with Crippen LogP contribution in [0.2, 0.25) is 0 Å². The van der Waals surface area contributed by atoms with E-state index in [-0.39, 0.29) is 24.4 Å². The smallest absolute Gasteiger partial charge is 0.253 e. The van der Waals surface area contributed by atoms with E-state index in [0.717, 1.165) is 31.6 Å². The fourth-order valence-corrected chi connectivity index (χ4v) is 3.78. The number of aromatic nitrogens is 3. The number of benzene rings is 1. The Bertz CT molecular complexity index is 690. The molecule has 1 aliphatic carbocycles. The SMILES string of the molecule is Cl.NC1CCC2CN(C(=O)c3cccc(-n4ccnn4)c3)CC12. The molecule has 122 valence electrons. The molecular formula is C16H20ClN5O. The number of nitrogens with two attached hydrogens (primary N) is 1. The number of halogens is 1. The van der Waals surface area contributed by atoms with E-state index in [1.807, 2.05) is 29.2 Å². The topological polar surface area (TPSA) is 77.0 Å². The Morgan fingerprint density at radius 3 is 2.87 bits per heavy atom. The number of rotatable bonds is 2. The predicted molar refractivity (Wildman–Crippen MR) is 88.7 cm³/mol. The van der Waals surface area contributed by atoms with E-state index in [0.29, 0.717) is 17.4 Å². The molecule has 2 aliphatic rings. The predicted octanol–water partition coefficient (Wildman–Crippen LogP) is 1.50. The summed E-state index contributed by atoms with van der Waals surface area (Å²) >= 11 is 0. The Morgan fingerprint density at radius 2 is 2.13 bits per heavy atom. The van der Waals surface area contributed by atoms with Crippen molar-refractivity contribution in [2.45, 2.75) is 18.9 Å². The molecule has 2 heterocycles. The number of carbonyl (C=O) groups excluding carboxylic acids is 1. The van der Waals surface area contributed by atoms with E-state index >= 15 is 0 Å². The maximum atomic E-state index is 12.7. The van der Waals surface area contributed by atoms with Crippen LogP contribution in [-0.4, -0.2) is 44.9 Å². The van der Waals surface area contributed by atoms with E-state index in [4.69, 9.17) is 5.73 Å². The van der Waals surface area contributed by atoms with Crippen LogP contribution in [0.3, 0.4) is 0 Å². The van der Waals surface area contributed by atoms with Crippen molar-refractivity contribution in [3.05, 3.63) is 42.2 Å². The van der Waals surface area contributed by atoms with Crippen LogP contribution in [0, 0.1) is 11.8 Å². The Morgan fingerprint density at radius 1 is 1.26 bits per heavy atom. The van der Waals surface area contributed by atoms with Gasteiger partial charge in [-0.2, -0.15) is 0 Å². The molecule has 2 aromatic rings. The minimum atomic E-state index is 0. The molecule has 1 aromatic heterocycles. The minimum absolute atomic E-state index is 0. The van der Waals surface area contributed by atoms with Crippen LogP contribution < -0.4 is 5.73 Å². The zero-order valence-corrected chi connectivity index (χ0v) is 13.5. The van der Waals surface area contributed by atoms with Crippen molar-refractivity contribution < 1.29 is 4.79 Å². The summed E-state index contributed by atoms with van der Waals surface area (Å²) in [7, 11) is 0. The molecule has 1 aromatic carbocycles. The second-order valence-corrected chi connectivity index (χ2v) is 6.27. The van der Waals surface area contributed by atoms with Gasteiger partial charge in [-0.3, -0.25) is 4.79 Å². The Kier molecular flexibility index (Phi) is 4.37. The zero-order chi connectivity index (χ0) is 15.1. The zero-order valence-electron chi connectivity index (χ0n) is 12.7. The lowest BCUT2D eigenvalue weighted by molar-refractivity contribution is 0.0779. The highest BCUT2D eigenvalue weighted by molar-refractivity contribution is 5.95. The van der Waals surface area contributed by atoms with E-state index in [1.54, 1.807) is 17.1 Å². The number of hydrogen-bond donors (Lipinski definition) is 1. The first-order valence-corrected chi connectivity index (χ1v) is 7.74. The van der Waals surface area contributed by atoms with Crippen molar-refractivity contribution >= 4 is 18.3 Å². The van der Waals surface area contributed by atoms with Crippen molar-refractivity contribution in [3.8, 4) is 5.69 Å². The summed E-state index contributed by atoms with van der Waals surface area (Å²) in [6, 6.07) is 7.78. The van der Waals surface area contributed by atoms with Crippen LogP contribution in [0.15, 0.2) is 36.7 Å². The van der Waals surface area contributed by atoms with Gasteiger partial charge < -0.3 is 10.6 Å². The Labute approximate surface area is 141 Å². The fourth-order valence-electron chi connectivity index (χ4n) is 3.78. The number of nitrogens with zero attached hydrogens (tertiary/aromatic N) is 4. The molecule has 7 heteroatoms. The van der Waals surface area contributed by atoms with Gasteiger partial charge in [0.15, 0.2) is 0 Å². The van der Waals surface area contributed by atoms with Gasteiger partial charge in [-0.1, -0.05) is 11.3 Å². The van der Waals surface area contributed by atoms with Crippen LogP contribution in [-0.2, 0) is 0 Å². The highest BCUT2D eigenvalue weighted by Crippen LogP contribution is 2.37. The lowest BCUT2D eigenvalue weighted by Crippen LogP contribution is -2.33. The second kappa shape index (κ2) is 6.29. The number of likely N-dealkylation sites (tertiary alicyclic amines) is 1. The normalized spacial score (nSPS) is 26.0. The summed E-state index contributed by atoms with van der Waals surface area (Å²) in [5, 5.41) is 7.77. The van der Waals surface area contributed by atoms with Gasteiger partial charge in [-0.15, -0.1) is 17.5 Å². The summed E-state index contributed by atoms with van der Waals surface area (Å²) in [5.74, 6) is 1.14. The van der Waals surface area contributed by atoms with Crippen LogP contribution in [0.25, 0.3) is 5.69 Å². The lowest BCUT2D eigenvalue weighted by Gasteiger charge is -2.19. The molecular weight excluding hydrogens is 314 g/mol. The van der Waals surface area contributed by atoms with Crippen LogP contribution in [0.5, 0.6) is 0 Å². The molecule has 3 atom stereocenters. The third-order valence-corrected chi connectivity index (χ3v) is 4.98. The molecule has 1 aliphatic heterocycles. The molecule has 0 bridgehead atoms. The molecule has 0 radical (unpaired) electrons. The summed E-state index contributed by atoms with van der Waals surface area (Å²) < 4.78 is 1.66. The van der Waals surface area contributed by atoms with Gasteiger partial charge in [0.25, 0.3) is 5.91 Å². The Hall–Kier alpha value is -1.92. The van der Waals surface area contributed by atoms with Gasteiger partial charge in [-0.25, -0.2) is 4.68 Å². The quantitative estimate of drug-likeness (QED) is 0.903. The number of carbonyl (C=O) groups is 1. The molecule has 1 amide bonds. The highest BCUT2D eigenvalue weighted by atomic mass is 35.5. The molecule has 1 saturated carbocycles. The summed E-state index contributed by atoms with van der Waals surface area (Å²) in [5.41, 5.74) is 7.70. The maximum Gasteiger partial charge on any atom is 0.253 e. The number of fused-ring (bicyclic) bond motifs is 1. The van der Waals surface area contributed by atoms with Gasteiger partial charge in [0.05, 0.1) is 18.1 Å². The van der Waals surface area contributed by atoms with Crippen LogP contribution in [0.4, 0.5) is 0 Å². The van der Waals surface area contributed by atoms with Gasteiger partial charge in [-0.05, 0) is 42.9 Å². The van der Waals surface area contributed by atoms with Crippen molar-refractivity contribution in [1.29, 1.82) is 0 Å². The third kappa shape index (κ3) is 2.84. The summed E-state index contributed by atoms with van der Waals surface area (Å²) in [6.07, 6.45) is 5.63. The highest BCUT2D eigenvalue weighted by Gasteiger charge is 2.42. The van der Waals surface area contributed by atoms with Crippen molar-refractivity contribution in [1.82, 2.24) is 19.9 Å². The third-order valence-electron chi connectivity index (χ3n) is 4.98. The standard InChI is InChI=1S/C16H19N5O.ClH/c17-15-5-4-12-9-20(10-14(12)15)16(22)11-2-1-3-13(8-11)21-7-6-18-19-21;/h1-3,6-8,12,14-15H,4-5,9-10,17H2;1H. The molecule has 6 nitrogen and oxygen atoms in total. The first-order valence-electron chi connectivity index (χ1n) is 7.74. The van der Waals surface area contributed by atoms with Crippen LogP contribution >= 0.6 is 12.4 Å². The largest absolute Gasteiger partial charge is 0.338 e. The van der Waals surface area contributed by atoms with Gasteiger partial charge in [0.1, 0.15) is 0 Å². The monoisotopic (exact) mass is 333 g/mol. The van der Waals surface area contributed by atoms with E-state index in [2.05, 4.69) is 10.3 Å². The molecule has 3 unspecified atom stereocenters. The first kappa shape index (κ1) is 16.0. The molecule has 2 N–H and O–H groups in total. The van der Waals surface area contributed by atoms with E-state index in [9.17, 15) is 4.79 Å². The van der Waals surface area contributed by atoms with Crippen molar-refractivity contribution in [2.24, 2.45) is 17.6 Å². The molecule has 0 spiro atoms. The second-order valence-electron chi connectivity index (χ2n) is 6.27. The summed E-state index contributed by atoms with van der Waals surface area (Å²) in [6.45, 7) is 1.63. The molecule has 4 rings (SSSR count). The van der Waals surface area contributed by atoms with Crippen molar-refractivity contribution in [3.63, 3.8) is 0 Å². The number of amides is 1. The summed E-state index contributed by atoms with van der Waals surface area (Å²) in [4.78, 5) is 14.7. The first-order chi connectivity index (χ1) is 10.7. The van der Waals surface area contributed by atoms with E-state index < -0.39 is 0 Å². The fraction of sp³-hybridized carbons (Fsp3) is 0.438. The average molecular weight is 334 g/mol. The van der Waals surface area contributed by atoms with Crippen molar-refractivity contribution in [2.75, 3.05) is 13.1 Å². The number of hydrogen-bond acceptors (Lipinski definition) is 4. The molecule has 1 saturated heterocycles. The van der Waals surface area contributed by atoms with E-state index in [1.165, 1.54) is 0 Å². The molecule has 2 fully saturated rings. The lowest BCUT2D eigenvalue weighted by atomic mass is 9.98. The van der Waals surface area contributed by atoms with Gasteiger partial charge >= 0.3 is 0 Å². The maximum absolute atomic E-state index is 12.7. The average Bonchev–Trinajstić information content (AvgIpc) is 3.25. The van der Waals surface area contributed by atoms with Crippen LogP contribution in [0.1, 0.15) is 23.2 Å².